The number of fused-ring (bicyclic) bond motifs is 1. The molecule has 0 fully saturated rings. The molecule has 3 aromatic rings. The van der Waals surface area contributed by atoms with Gasteiger partial charge < -0.3 is 4.74 Å². The molecule has 1 aliphatic carbocycles. The van der Waals surface area contributed by atoms with Crippen molar-refractivity contribution in [3.63, 3.8) is 0 Å². The van der Waals surface area contributed by atoms with Crippen LogP contribution >= 0.6 is 0 Å². The predicted molar refractivity (Wildman–Crippen MR) is 132 cm³/mol. The van der Waals surface area contributed by atoms with Crippen LogP contribution in [0.4, 0.5) is 4.39 Å². The minimum Gasteiger partial charge on any atom is -0.469 e. The Morgan fingerprint density at radius 2 is 1.89 bits per heavy atom. The highest BCUT2D eigenvalue weighted by Gasteiger charge is 2.27. The summed E-state index contributed by atoms with van der Waals surface area (Å²) in [6, 6.07) is 14.6. The first kappa shape index (κ1) is 24.8. The van der Waals surface area contributed by atoms with Crippen LogP contribution in [-0.2, 0) is 32.4 Å². The normalized spacial score (nSPS) is 15.6. The van der Waals surface area contributed by atoms with Gasteiger partial charge in [-0.25, -0.2) is 17.5 Å². The highest BCUT2D eigenvalue weighted by atomic mass is 32.2. The predicted octanol–water partition coefficient (Wildman–Crippen LogP) is 4.44. The minimum absolute atomic E-state index is 0.0456. The molecule has 1 unspecified atom stereocenters. The van der Waals surface area contributed by atoms with Gasteiger partial charge in [-0.1, -0.05) is 30.3 Å². The molecule has 0 amide bonds. The van der Waals surface area contributed by atoms with Crippen LogP contribution in [0.1, 0.15) is 41.5 Å². The van der Waals surface area contributed by atoms with Crippen molar-refractivity contribution >= 4 is 21.6 Å². The van der Waals surface area contributed by atoms with Gasteiger partial charge in [0.2, 0.25) is 10.0 Å². The lowest BCUT2D eigenvalue weighted by Gasteiger charge is -2.12. The minimum atomic E-state index is -3.75. The lowest BCUT2D eigenvalue weighted by Crippen LogP contribution is -2.35. The van der Waals surface area contributed by atoms with E-state index in [4.69, 9.17) is 4.74 Å². The van der Waals surface area contributed by atoms with E-state index in [0.717, 1.165) is 40.0 Å². The number of methoxy groups -OCH3 is 1. The van der Waals surface area contributed by atoms with Crippen LogP contribution < -0.4 is 4.72 Å². The monoisotopic (exact) mass is 494 g/mol. The van der Waals surface area contributed by atoms with E-state index in [-0.39, 0.29) is 16.9 Å². The Bertz CT molecular complexity index is 1320. The molecule has 1 atom stereocenters. The summed E-state index contributed by atoms with van der Waals surface area (Å²) in [5, 5.41) is 0. The van der Waals surface area contributed by atoms with Crippen LogP contribution in [0.15, 0.2) is 78.0 Å². The number of unbranched alkanes of at least 4 members (excludes halogenated alkanes) is 1. The summed E-state index contributed by atoms with van der Waals surface area (Å²) in [5.41, 5.74) is 5.17. The zero-order valence-electron chi connectivity index (χ0n) is 19.4. The van der Waals surface area contributed by atoms with Gasteiger partial charge in [0.05, 0.1) is 12.0 Å². The molecular formula is C27H27FN2O4S. The second kappa shape index (κ2) is 10.9. The summed E-state index contributed by atoms with van der Waals surface area (Å²) in [4.78, 5) is 15.7. The third-order valence-electron chi connectivity index (χ3n) is 6.03. The number of carbonyl (C=O) groups is 1. The molecule has 0 bridgehead atoms. The molecule has 1 aromatic heterocycles. The summed E-state index contributed by atoms with van der Waals surface area (Å²) in [5.74, 6) is -0.708. The van der Waals surface area contributed by atoms with E-state index in [1.165, 1.54) is 19.2 Å². The van der Waals surface area contributed by atoms with E-state index in [1.54, 1.807) is 12.4 Å². The Hall–Kier alpha value is -3.36. The molecule has 1 N–H and O–H groups in total. The zero-order valence-corrected chi connectivity index (χ0v) is 20.2. The standard InChI is InChI=1S/C27H27FN2O4S/c1-34-27(31)7-3-2-6-26(21-5-4-14-29-18-21)20-9-8-19-16-24(17-22(19)15-20)30-35(32,33)25-12-10-23(28)11-13-25/h4-6,8-15,18,24,30H,2-3,7,16-17H2,1H3. The first-order valence-corrected chi connectivity index (χ1v) is 12.9. The highest BCUT2D eigenvalue weighted by molar-refractivity contribution is 7.89. The number of halogens is 1. The van der Waals surface area contributed by atoms with Crippen molar-refractivity contribution in [1.29, 1.82) is 0 Å². The maximum atomic E-state index is 13.2. The van der Waals surface area contributed by atoms with Gasteiger partial charge in [0, 0.05) is 30.4 Å². The summed E-state index contributed by atoms with van der Waals surface area (Å²) < 4.78 is 46.2. The molecule has 0 aliphatic heterocycles. The van der Waals surface area contributed by atoms with Crippen LogP contribution in [-0.4, -0.2) is 32.5 Å². The molecule has 0 saturated carbocycles. The Kier molecular flexibility index (Phi) is 7.73. The lowest BCUT2D eigenvalue weighted by atomic mass is 9.95. The van der Waals surface area contributed by atoms with Crippen LogP contribution in [0.25, 0.3) is 5.57 Å². The van der Waals surface area contributed by atoms with E-state index >= 15 is 0 Å². The first-order chi connectivity index (χ1) is 16.9. The molecule has 35 heavy (non-hydrogen) atoms. The second-order valence-electron chi connectivity index (χ2n) is 8.49. The fourth-order valence-electron chi connectivity index (χ4n) is 4.29. The zero-order chi connectivity index (χ0) is 24.8. The number of allylic oxidation sites excluding steroid dienone is 1. The molecule has 4 rings (SSSR count). The maximum absolute atomic E-state index is 13.2. The Morgan fingerprint density at radius 3 is 2.60 bits per heavy atom. The number of rotatable bonds is 9. The molecule has 1 heterocycles. The smallest absolute Gasteiger partial charge is 0.305 e. The number of aromatic nitrogens is 1. The number of hydrogen-bond donors (Lipinski definition) is 1. The van der Waals surface area contributed by atoms with Gasteiger partial charge in [0.25, 0.3) is 0 Å². The third-order valence-corrected chi connectivity index (χ3v) is 7.57. The molecule has 0 saturated heterocycles. The fraction of sp³-hybridized carbons (Fsp3) is 0.259. The first-order valence-electron chi connectivity index (χ1n) is 11.4. The Labute approximate surface area is 204 Å². The quantitative estimate of drug-likeness (QED) is 0.351. The van der Waals surface area contributed by atoms with Gasteiger partial charge in [-0.05, 0) is 78.3 Å². The Balaban J connectivity index is 1.52. The van der Waals surface area contributed by atoms with Crippen LogP contribution in [0.2, 0.25) is 0 Å². The van der Waals surface area contributed by atoms with Gasteiger partial charge in [0.1, 0.15) is 5.82 Å². The van der Waals surface area contributed by atoms with E-state index in [0.29, 0.717) is 32.1 Å². The molecule has 0 radical (unpaired) electrons. The molecular weight excluding hydrogens is 467 g/mol. The highest BCUT2D eigenvalue weighted by Crippen LogP contribution is 2.30. The number of esters is 1. The summed E-state index contributed by atoms with van der Waals surface area (Å²) in [6.07, 6.45) is 8.51. The van der Waals surface area contributed by atoms with Crippen molar-refractivity contribution in [2.75, 3.05) is 7.11 Å². The van der Waals surface area contributed by atoms with Crippen LogP contribution in [0.3, 0.4) is 0 Å². The molecule has 6 nitrogen and oxygen atoms in total. The topological polar surface area (TPSA) is 85.4 Å². The van der Waals surface area contributed by atoms with E-state index in [1.807, 2.05) is 24.3 Å². The molecule has 2 aromatic carbocycles. The number of nitrogens with zero attached hydrogens (tertiary/aromatic N) is 1. The van der Waals surface area contributed by atoms with E-state index in [2.05, 4.69) is 21.8 Å². The van der Waals surface area contributed by atoms with Gasteiger partial charge in [-0.3, -0.25) is 9.78 Å². The lowest BCUT2D eigenvalue weighted by molar-refractivity contribution is -0.140. The van der Waals surface area contributed by atoms with Crippen LogP contribution in [0.5, 0.6) is 0 Å². The van der Waals surface area contributed by atoms with E-state index < -0.39 is 15.8 Å². The van der Waals surface area contributed by atoms with Crippen molar-refractivity contribution in [2.45, 2.75) is 43.0 Å². The molecule has 1 aliphatic rings. The third kappa shape index (κ3) is 6.21. The van der Waals surface area contributed by atoms with Crippen molar-refractivity contribution in [3.8, 4) is 0 Å². The maximum Gasteiger partial charge on any atom is 0.305 e. The molecule has 0 spiro atoms. The SMILES string of the molecule is COC(=O)CCCC=C(c1cccnc1)c1ccc2c(c1)CC(NS(=O)(=O)c1ccc(F)cc1)C2. The van der Waals surface area contributed by atoms with Gasteiger partial charge in [-0.2, -0.15) is 0 Å². The average molecular weight is 495 g/mol. The number of nitrogens with one attached hydrogen (secondary N) is 1. The van der Waals surface area contributed by atoms with Crippen molar-refractivity contribution in [1.82, 2.24) is 9.71 Å². The molecule has 8 heteroatoms. The van der Waals surface area contributed by atoms with Crippen molar-refractivity contribution in [2.24, 2.45) is 0 Å². The van der Waals surface area contributed by atoms with E-state index in [9.17, 15) is 17.6 Å². The van der Waals surface area contributed by atoms with Gasteiger partial charge >= 0.3 is 5.97 Å². The number of ether oxygens (including phenoxy) is 1. The number of sulfonamides is 1. The fourth-order valence-corrected chi connectivity index (χ4v) is 5.53. The summed E-state index contributed by atoms with van der Waals surface area (Å²) >= 11 is 0. The number of benzene rings is 2. The summed E-state index contributed by atoms with van der Waals surface area (Å²) in [7, 11) is -2.36. The summed E-state index contributed by atoms with van der Waals surface area (Å²) in [6.45, 7) is 0. The van der Waals surface area contributed by atoms with Crippen LogP contribution in [0, 0.1) is 5.82 Å². The average Bonchev–Trinajstić information content (AvgIpc) is 3.25. The van der Waals surface area contributed by atoms with Crippen molar-refractivity contribution in [3.05, 3.63) is 101 Å². The molecule has 182 valence electrons. The van der Waals surface area contributed by atoms with Crippen molar-refractivity contribution < 1.29 is 22.3 Å². The largest absolute Gasteiger partial charge is 0.469 e. The Morgan fingerprint density at radius 1 is 1.11 bits per heavy atom. The van der Waals surface area contributed by atoms with Gasteiger partial charge in [-0.15, -0.1) is 0 Å². The number of carbonyl (C=O) groups excluding carboxylic acids is 1. The second-order valence-corrected chi connectivity index (χ2v) is 10.2. The number of pyridine rings is 1. The number of hydrogen-bond acceptors (Lipinski definition) is 5. The van der Waals surface area contributed by atoms with Gasteiger partial charge in [0.15, 0.2) is 0 Å².